The summed E-state index contributed by atoms with van der Waals surface area (Å²) in [5, 5.41) is 12.0. The zero-order valence-corrected chi connectivity index (χ0v) is 10.2. The first-order valence-electron chi connectivity index (χ1n) is 6.02. The molecule has 4 nitrogen and oxygen atoms in total. The second kappa shape index (κ2) is 5.89. The summed E-state index contributed by atoms with van der Waals surface area (Å²) in [6.07, 6.45) is 1.77. The molecule has 0 amide bonds. The molecule has 0 bridgehead atoms. The maximum Gasteiger partial charge on any atom is 0.231 e. The van der Waals surface area contributed by atoms with Crippen molar-refractivity contribution in [2.45, 2.75) is 19.8 Å². The number of aliphatic hydroxyl groups is 1. The maximum atomic E-state index is 8.66. The lowest BCUT2D eigenvalue weighted by Gasteiger charge is -2.08. The van der Waals surface area contributed by atoms with Crippen molar-refractivity contribution >= 4 is 0 Å². The predicted molar refractivity (Wildman–Crippen MR) is 65.6 cm³/mol. The third-order valence-corrected chi connectivity index (χ3v) is 2.91. The molecule has 0 saturated carbocycles. The van der Waals surface area contributed by atoms with Crippen molar-refractivity contribution in [1.29, 1.82) is 0 Å². The van der Waals surface area contributed by atoms with E-state index in [0.29, 0.717) is 6.79 Å². The van der Waals surface area contributed by atoms with Crippen LogP contribution in [0.3, 0.4) is 0 Å². The lowest BCUT2D eigenvalue weighted by atomic mass is 10.0. The first-order chi connectivity index (χ1) is 8.31. The summed E-state index contributed by atoms with van der Waals surface area (Å²) in [5.74, 6) is 1.69. The number of benzene rings is 1. The molecule has 1 aromatic carbocycles. The predicted octanol–water partition coefficient (Wildman–Crippen LogP) is 1.24. The van der Waals surface area contributed by atoms with Crippen LogP contribution in [0.25, 0.3) is 0 Å². The molecule has 17 heavy (non-hydrogen) atoms. The summed E-state index contributed by atoms with van der Waals surface area (Å²) in [6.45, 7) is 4.44. The normalized spacial score (nSPS) is 13.1. The Morgan fingerprint density at radius 3 is 2.76 bits per heavy atom. The van der Waals surface area contributed by atoms with E-state index in [0.717, 1.165) is 37.4 Å². The summed E-state index contributed by atoms with van der Waals surface area (Å²) in [4.78, 5) is 0. The van der Waals surface area contributed by atoms with Crippen LogP contribution in [0.1, 0.15) is 17.5 Å². The number of ether oxygens (including phenoxy) is 2. The van der Waals surface area contributed by atoms with Gasteiger partial charge in [0.25, 0.3) is 0 Å². The standard InChI is InChI=1S/C13H19NO3/c1-10-7-12-13(17-9-16-12)8-11(10)3-5-14-4-2-6-15/h7-8,14-15H,2-6,9H2,1H3. The number of aliphatic hydroxyl groups excluding tert-OH is 1. The van der Waals surface area contributed by atoms with Gasteiger partial charge < -0.3 is 19.9 Å². The minimum atomic E-state index is 0.246. The zero-order valence-electron chi connectivity index (χ0n) is 10.2. The molecule has 1 aliphatic heterocycles. The Morgan fingerprint density at radius 1 is 1.24 bits per heavy atom. The van der Waals surface area contributed by atoms with Crippen LogP contribution in [0.5, 0.6) is 11.5 Å². The van der Waals surface area contributed by atoms with Gasteiger partial charge in [-0.05, 0) is 56.1 Å². The average molecular weight is 237 g/mol. The Morgan fingerprint density at radius 2 is 2.00 bits per heavy atom. The van der Waals surface area contributed by atoms with Crippen molar-refractivity contribution in [2.75, 3.05) is 26.5 Å². The van der Waals surface area contributed by atoms with Crippen LogP contribution in [-0.4, -0.2) is 31.6 Å². The molecule has 2 rings (SSSR count). The summed E-state index contributed by atoms with van der Waals surface area (Å²) in [6, 6.07) is 4.09. The van der Waals surface area contributed by atoms with E-state index in [9.17, 15) is 0 Å². The number of fused-ring (bicyclic) bond motifs is 1. The molecule has 94 valence electrons. The van der Waals surface area contributed by atoms with Gasteiger partial charge in [0.1, 0.15) is 0 Å². The molecule has 1 aromatic rings. The van der Waals surface area contributed by atoms with E-state index in [1.54, 1.807) is 0 Å². The highest BCUT2D eigenvalue weighted by Gasteiger charge is 2.15. The minimum absolute atomic E-state index is 0.246. The first kappa shape index (κ1) is 12.2. The maximum absolute atomic E-state index is 8.66. The molecule has 0 aromatic heterocycles. The van der Waals surface area contributed by atoms with Crippen molar-refractivity contribution in [1.82, 2.24) is 5.32 Å². The van der Waals surface area contributed by atoms with Gasteiger partial charge >= 0.3 is 0 Å². The SMILES string of the molecule is Cc1cc2c(cc1CCNCCCO)OCO2. The Labute approximate surface area is 102 Å². The van der Waals surface area contributed by atoms with E-state index in [2.05, 4.69) is 18.3 Å². The van der Waals surface area contributed by atoms with Crippen molar-refractivity contribution < 1.29 is 14.6 Å². The van der Waals surface area contributed by atoms with E-state index >= 15 is 0 Å². The van der Waals surface area contributed by atoms with Crippen LogP contribution < -0.4 is 14.8 Å². The summed E-state index contributed by atoms with van der Waals surface area (Å²) in [5.41, 5.74) is 2.52. The van der Waals surface area contributed by atoms with Gasteiger partial charge in [0, 0.05) is 6.61 Å². The zero-order chi connectivity index (χ0) is 12.1. The van der Waals surface area contributed by atoms with Gasteiger partial charge in [0.05, 0.1) is 0 Å². The van der Waals surface area contributed by atoms with Crippen LogP contribution >= 0.6 is 0 Å². The molecule has 1 aliphatic rings. The molecule has 0 fully saturated rings. The number of hydrogen-bond donors (Lipinski definition) is 2. The number of rotatable bonds is 6. The average Bonchev–Trinajstić information content (AvgIpc) is 2.76. The van der Waals surface area contributed by atoms with Gasteiger partial charge in [0.15, 0.2) is 11.5 Å². The molecule has 0 unspecified atom stereocenters. The second-order valence-electron chi connectivity index (χ2n) is 4.21. The van der Waals surface area contributed by atoms with Crippen molar-refractivity contribution in [3.8, 4) is 11.5 Å². The second-order valence-corrected chi connectivity index (χ2v) is 4.21. The monoisotopic (exact) mass is 237 g/mol. The molecule has 0 atom stereocenters. The Hall–Kier alpha value is -1.26. The molecule has 1 heterocycles. The van der Waals surface area contributed by atoms with E-state index in [1.165, 1.54) is 11.1 Å². The van der Waals surface area contributed by atoms with Crippen molar-refractivity contribution in [3.63, 3.8) is 0 Å². The largest absolute Gasteiger partial charge is 0.454 e. The molecule has 0 spiro atoms. The number of nitrogens with one attached hydrogen (secondary N) is 1. The van der Waals surface area contributed by atoms with Crippen LogP contribution in [0, 0.1) is 6.92 Å². The molecule has 0 radical (unpaired) electrons. The number of aryl methyl sites for hydroxylation is 1. The third-order valence-electron chi connectivity index (χ3n) is 2.91. The Kier molecular flexibility index (Phi) is 4.23. The highest BCUT2D eigenvalue weighted by Crippen LogP contribution is 2.34. The molecule has 0 saturated heterocycles. The van der Waals surface area contributed by atoms with Gasteiger partial charge in [-0.3, -0.25) is 0 Å². The lowest BCUT2D eigenvalue weighted by Crippen LogP contribution is -2.19. The van der Waals surface area contributed by atoms with Gasteiger partial charge in [-0.1, -0.05) is 0 Å². The highest BCUT2D eigenvalue weighted by atomic mass is 16.7. The van der Waals surface area contributed by atoms with Crippen molar-refractivity contribution in [2.24, 2.45) is 0 Å². The summed E-state index contributed by atoms with van der Waals surface area (Å²) < 4.78 is 10.7. The van der Waals surface area contributed by atoms with Gasteiger partial charge in [-0.2, -0.15) is 0 Å². The quantitative estimate of drug-likeness (QED) is 0.731. The fourth-order valence-electron chi connectivity index (χ4n) is 1.91. The van der Waals surface area contributed by atoms with Gasteiger partial charge in [0.2, 0.25) is 6.79 Å². The number of hydrogen-bond acceptors (Lipinski definition) is 4. The van der Waals surface area contributed by atoms with Crippen LogP contribution in [-0.2, 0) is 6.42 Å². The van der Waals surface area contributed by atoms with Gasteiger partial charge in [-0.15, -0.1) is 0 Å². The van der Waals surface area contributed by atoms with Crippen molar-refractivity contribution in [3.05, 3.63) is 23.3 Å². The molecule has 4 heteroatoms. The van der Waals surface area contributed by atoms with E-state index < -0.39 is 0 Å². The highest BCUT2D eigenvalue weighted by molar-refractivity contribution is 5.48. The smallest absolute Gasteiger partial charge is 0.231 e. The fraction of sp³-hybridized carbons (Fsp3) is 0.538. The van der Waals surface area contributed by atoms with Crippen LogP contribution in [0.15, 0.2) is 12.1 Å². The molecule has 2 N–H and O–H groups in total. The Balaban J connectivity index is 1.88. The molecular weight excluding hydrogens is 218 g/mol. The van der Waals surface area contributed by atoms with E-state index in [1.807, 2.05) is 6.07 Å². The summed E-state index contributed by atoms with van der Waals surface area (Å²) >= 11 is 0. The lowest BCUT2D eigenvalue weighted by molar-refractivity contribution is 0.174. The topological polar surface area (TPSA) is 50.7 Å². The van der Waals surface area contributed by atoms with E-state index in [4.69, 9.17) is 14.6 Å². The molecule has 0 aliphatic carbocycles. The fourth-order valence-corrected chi connectivity index (χ4v) is 1.91. The first-order valence-corrected chi connectivity index (χ1v) is 6.02. The minimum Gasteiger partial charge on any atom is -0.454 e. The van der Waals surface area contributed by atoms with Crippen LogP contribution in [0.4, 0.5) is 0 Å². The van der Waals surface area contributed by atoms with E-state index in [-0.39, 0.29) is 6.61 Å². The summed E-state index contributed by atoms with van der Waals surface area (Å²) in [7, 11) is 0. The third kappa shape index (κ3) is 3.11. The van der Waals surface area contributed by atoms with Gasteiger partial charge in [-0.25, -0.2) is 0 Å². The van der Waals surface area contributed by atoms with Crippen LogP contribution in [0.2, 0.25) is 0 Å². The molecular formula is C13H19NO3. The Bertz CT molecular complexity index is 379.